The van der Waals surface area contributed by atoms with Gasteiger partial charge in [-0.1, -0.05) is 6.07 Å². The molecule has 1 atom stereocenters. The van der Waals surface area contributed by atoms with Crippen molar-refractivity contribution in [1.29, 1.82) is 0 Å². The SMILES string of the molecule is CC(=O)N[C@@H](CS(=O)(=O)Cc1cccs1)C(=O)O. The Morgan fingerprint density at radius 1 is 1.50 bits per heavy atom. The van der Waals surface area contributed by atoms with E-state index in [1.54, 1.807) is 17.5 Å². The van der Waals surface area contributed by atoms with Gasteiger partial charge < -0.3 is 10.4 Å². The lowest BCUT2D eigenvalue weighted by molar-refractivity contribution is -0.140. The van der Waals surface area contributed by atoms with Gasteiger partial charge in [0.1, 0.15) is 6.04 Å². The van der Waals surface area contributed by atoms with E-state index in [0.717, 1.165) is 6.92 Å². The number of carboxylic acid groups (broad SMARTS) is 1. The maximum Gasteiger partial charge on any atom is 0.327 e. The van der Waals surface area contributed by atoms with Crippen LogP contribution in [0.15, 0.2) is 17.5 Å². The van der Waals surface area contributed by atoms with Gasteiger partial charge in [0.25, 0.3) is 0 Å². The number of carbonyl (C=O) groups is 2. The summed E-state index contributed by atoms with van der Waals surface area (Å²) >= 11 is 1.29. The van der Waals surface area contributed by atoms with Gasteiger partial charge in [-0.25, -0.2) is 13.2 Å². The molecule has 1 aromatic rings. The maximum atomic E-state index is 11.8. The summed E-state index contributed by atoms with van der Waals surface area (Å²) in [4.78, 5) is 22.3. The van der Waals surface area contributed by atoms with Gasteiger partial charge in [0.15, 0.2) is 9.84 Å². The van der Waals surface area contributed by atoms with E-state index < -0.39 is 33.5 Å². The Kier molecular flexibility index (Phi) is 4.85. The third kappa shape index (κ3) is 4.84. The first-order valence-corrected chi connectivity index (χ1v) is 7.73. The molecule has 0 aromatic carbocycles. The molecule has 1 amide bonds. The fourth-order valence-corrected chi connectivity index (χ4v) is 4.03. The Hall–Kier alpha value is -1.41. The molecule has 0 aliphatic rings. The first-order valence-electron chi connectivity index (χ1n) is 5.03. The Labute approximate surface area is 109 Å². The second-order valence-electron chi connectivity index (χ2n) is 3.73. The van der Waals surface area contributed by atoms with Crippen LogP contribution < -0.4 is 5.32 Å². The topological polar surface area (TPSA) is 101 Å². The van der Waals surface area contributed by atoms with E-state index in [0.29, 0.717) is 4.88 Å². The zero-order chi connectivity index (χ0) is 13.8. The summed E-state index contributed by atoms with van der Waals surface area (Å²) in [5.74, 6) is -2.76. The summed E-state index contributed by atoms with van der Waals surface area (Å²) in [6, 6.07) is 1.97. The van der Waals surface area contributed by atoms with Crippen LogP contribution in [0.5, 0.6) is 0 Å². The molecule has 0 spiro atoms. The van der Waals surface area contributed by atoms with Crippen LogP contribution in [-0.2, 0) is 25.2 Å². The van der Waals surface area contributed by atoms with Gasteiger partial charge >= 0.3 is 5.97 Å². The molecule has 0 radical (unpaired) electrons. The molecule has 0 saturated heterocycles. The Morgan fingerprint density at radius 2 is 2.17 bits per heavy atom. The van der Waals surface area contributed by atoms with Crippen molar-refractivity contribution in [2.45, 2.75) is 18.7 Å². The fourth-order valence-electron chi connectivity index (χ4n) is 1.34. The third-order valence-electron chi connectivity index (χ3n) is 2.04. The van der Waals surface area contributed by atoms with Crippen LogP contribution >= 0.6 is 11.3 Å². The van der Waals surface area contributed by atoms with Crippen molar-refractivity contribution in [3.8, 4) is 0 Å². The van der Waals surface area contributed by atoms with Gasteiger partial charge in [0.2, 0.25) is 5.91 Å². The number of aliphatic carboxylic acids is 1. The van der Waals surface area contributed by atoms with E-state index in [1.165, 1.54) is 11.3 Å². The highest BCUT2D eigenvalue weighted by Gasteiger charge is 2.26. The van der Waals surface area contributed by atoms with Gasteiger partial charge in [0.05, 0.1) is 11.5 Å². The van der Waals surface area contributed by atoms with Crippen molar-refractivity contribution in [3.63, 3.8) is 0 Å². The van der Waals surface area contributed by atoms with Crippen molar-refractivity contribution in [3.05, 3.63) is 22.4 Å². The second kappa shape index (κ2) is 5.96. The first kappa shape index (κ1) is 14.7. The summed E-state index contributed by atoms with van der Waals surface area (Å²) in [5.41, 5.74) is 0. The highest BCUT2D eigenvalue weighted by Crippen LogP contribution is 2.13. The molecular formula is C10H13NO5S2. The zero-order valence-electron chi connectivity index (χ0n) is 9.62. The Balaban J connectivity index is 2.73. The molecular weight excluding hydrogens is 278 g/mol. The van der Waals surface area contributed by atoms with Crippen LogP contribution in [0.1, 0.15) is 11.8 Å². The van der Waals surface area contributed by atoms with Crippen molar-refractivity contribution < 1.29 is 23.1 Å². The summed E-state index contributed by atoms with van der Waals surface area (Å²) in [7, 11) is -3.58. The monoisotopic (exact) mass is 291 g/mol. The van der Waals surface area contributed by atoms with E-state index in [4.69, 9.17) is 5.11 Å². The molecule has 1 aromatic heterocycles. The van der Waals surface area contributed by atoms with Crippen molar-refractivity contribution >= 4 is 33.1 Å². The molecule has 2 N–H and O–H groups in total. The molecule has 18 heavy (non-hydrogen) atoms. The minimum atomic E-state index is -3.58. The predicted molar refractivity (Wildman–Crippen MR) is 67.1 cm³/mol. The fraction of sp³-hybridized carbons (Fsp3) is 0.400. The smallest absolute Gasteiger partial charge is 0.327 e. The van der Waals surface area contributed by atoms with Crippen LogP contribution in [0.25, 0.3) is 0 Å². The van der Waals surface area contributed by atoms with Crippen LogP contribution in [0.3, 0.4) is 0 Å². The van der Waals surface area contributed by atoms with Crippen LogP contribution in [0.4, 0.5) is 0 Å². The lowest BCUT2D eigenvalue weighted by Gasteiger charge is -2.13. The van der Waals surface area contributed by atoms with Crippen molar-refractivity contribution in [2.75, 3.05) is 5.75 Å². The molecule has 6 nitrogen and oxygen atoms in total. The lowest BCUT2D eigenvalue weighted by Crippen LogP contribution is -2.44. The molecule has 0 bridgehead atoms. The Bertz CT molecular complexity index is 520. The lowest BCUT2D eigenvalue weighted by atomic mass is 10.3. The number of rotatable bonds is 6. The van der Waals surface area contributed by atoms with E-state index in [2.05, 4.69) is 5.32 Å². The molecule has 0 unspecified atom stereocenters. The molecule has 1 rings (SSSR count). The Morgan fingerprint density at radius 3 is 2.61 bits per heavy atom. The average molecular weight is 291 g/mol. The zero-order valence-corrected chi connectivity index (χ0v) is 11.3. The largest absolute Gasteiger partial charge is 0.480 e. The van der Waals surface area contributed by atoms with Gasteiger partial charge in [0, 0.05) is 11.8 Å². The number of sulfone groups is 1. The highest BCUT2D eigenvalue weighted by molar-refractivity contribution is 7.90. The second-order valence-corrected chi connectivity index (χ2v) is 6.87. The molecule has 8 heteroatoms. The van der Waals surface area contributed by atoms with Gasteiger partial charge in [-0.3, -0.25) is 4.79 Å². The maximum absolute atomic E-state index is 11.8. The quantitative estimate of drug-likeness (QED) is 0.782. The molecule has 0 fully saturated rings. The summed E-state index contributed by atoms with van der Waals surface area (Å²) in [5, 5.41) is 12.7. The molecule has 1 heterocycles. The predicted octanol–water partition coefficient (Wildman–Crippen LogP) is 0.252. The van der Waals surface area contributed by atoms with E-state index >= 15 is 0 Å². The number of carbonyl (C=O) groups excluding carboxylic acids is 1. The minimum Gasteiger partial charge on any atom is -0.480 e. The van der Waals surface area contributed by atoms with Crippen LogP contribution in [0, 0.1) is 0 Å². The number of carboxylic acids is 1. The van der Waals surface area contributed by atoms with Crippen LogP contribution in [0.2, 0.25) is 0 Å². The normalized spacial score (nSPS) is 12.9. The highest BCUT2D eigenvalue weighted by atomic mass is 32.2. The number of nitrogens with one attached hydrogen (secondary N) is 1. The van der Waals surface area contributed by atoms with Crippen molar-refractivity contribution in [1.82, 2.24) is 5.32 Å². The van der Waals surface area contributed by atoms with Crippen LogP contribution in [-0.4, -0.2) is 37.2 Å². The number of hydrogen-bond acceptors (Lipinski definition) is 5. The molecule has 100 valence electrons. The summed E-state index contributed by atoms with van der Waals surface area (Å²) in [6.07, 6.45) is 0. The third-order valence-corrected chi connectivity index (χ3v) is 4.69. The van der Waals surface area contributed by atoms with Crippen molar-refractivity contribution in [2.24, 2.45) is 0 Å². The standard InChI is InChI=1S/C10H13NO5S2/c1-7(12)11-9(10(13)14)6-18(15,16)5-8-3-2-4-17-8/h2-4,9H,5-6H2,1H3,(H,11,12)(H,13,14)/t9-/m0/s1. The molecule has 0 saturated carbocycles. The number of amides is 1. The van der Waals surface area contributed by atoms with Gasteiger partial charge in [-0.15, -0.1) is 11.3 Å². The van der Waals surface area contributed by atoms with E-state index in [-0.39, 0.29) is 5.75 Å². The van der Waals surface area contributed by atoms with E-state index in [9.17, 15) is 18.0 Å². The number of hydrogen-bond donors (Lipinski definition) is 2. The number of thiophene rings is 1. The average Bonchev–Trinajstić information content (AvgIpc) is 2.67. The molecule has 0 aliphatic carbocycles. The summed E-state index contributed by atoms with van der Waals surface area (Å²) in [6.45, 7) is 1.14. The first-order chi connectivity index (χ1) is 8.30. The van der Waals surface area contributed by atoms with Gasteiger partial charge in [-0.05, 0) is 11.4 Å². The van der Waals surface area contributed by atoms with Gasteiger partial charge in [-0.2, -0.15) is 0 Å². The van der Waals surface area contributed by atoms with E-state index in [1.807, 2.05) is 0 Å². The minimum absolute atomic E-state index is 0.214. The summed E-state index contributed by atoms with van der Waals surface area (Å²) < 4.78 is 23.6. The molecule has 0 aliphatic heterocycles.